The van der Waals surface area contributed by atoms with Gasteiger partial charge in [0.15, 0.2) is 0 Å². The van der Waals surface area contributed by atoms with Gasteiger partial charge < -0.3 is 19.9 Å². The number of benzene rings is 1. The molecule has 4 heterocycles. The lowest BCUT2D eigenvalue weighted by Crippen LogP contribution is -2.39. The second-order valence-electron chi connectivity index (χ2n) is 9.93. The van der Waals surface area contributed by atoms with Crippen LogP contribution < -0.4 is 5.32 Å². The van der Waals surface area contributed by atoms with E-state index < -0.39 is 5.60 Å². The van der Waals surface area contributed by atoms with Gasteiger partial charge in [0.2, 0.25) is 0 Å². The number of aryl methyl sites for hydroxylation is 2. The van der Waals surface area contributed by atoms with Gasteiger partial charge in [-0.2, -0.15) is 5.10 Å². The molecule has 0 bridgehead atoms. The fraction of sp³-hybridized carbons (Fsp3) is 0.333. The Bertz CT molecular complexity index is 1380. The molecule has 1 amide bonds. The monoisotopic (exact) mass is 485 g/mol. The van der Waals surface area contributed by atoms with Crippen molar-refractivity contribution in [3.05, 3.63) is 72.5 Å². The van der Waals surface area contributed by atoms with E-state index in [1.807, 2.05) is 37.7 Å². The zero-order valence-corrected chi connectivity index (χ0v) is 20.9. The lowest BCUT2D eigenvalue weighted by molar-refractivity contribution is 0.0270. The summed E-state index contributed by atoms with van der Waals surface area (Å²) in [7, 11) is 0. The number of fused-ring (bicyclic) bond motifs is 1. The van der Waals surface area contributed by atoms with Crippen molar-refractivity contribution in [2.45, 2.75) is 45.8 Å². The SMILES string of the molecule is CC(C)(C)OC(=O)N1CC=C(c2cc3c(Nc4cnn(CCc5ccccc5)c4)ncnc3[nH]2)CC1. The molecule has 0 spiro atoms. The molecule has 0 unspecified atom stereocenters. The summed E-state index contributed by atoms with van der Waals surface area (Å²) in [6.07, 6.45) is 8.77. The molecule has 2 N–H and O–H groups in total. The zero-order valence-electron chi connectivity index (χ0n) is 20.9. The molecule has 9 nitrogen and oxygen atoms in total. The maximum Gasteiger partial charge on any atom is 0.410 e. The number of aromatic amines is 1. The van der Waals surface area contributed by atoms with Crippen LogP contribution in [0.1, 0.15) is 38.4 Å². The second-order valence-corrected chi connectivity index (χ2v) is 9.93. The van der Waals surface area contributed by atoms with Crippen molar-refractivity contribution < 1.29 is 9.53 Å². The average molecular weight is 486 g/mol. The molecule has 5 rings (SSSR count). The van der Waals surface area contributed by atoms with Crippen molar-refractivity contribution >= 4 is 34.2 Å². The largest absolute Gasteiger partial charge is 0.444 e. The van der Waals surface area contributed by atoms with Gasteiger partial charge in [0.1, 0.15) is 23.4 Å². The van der Waals surface area contributed by atoms with E-state index in [9.17, 15) is 4.79 Å². The van der Waals surface area contributed by atoms with Crippen molar-refractivity contribution in [2.75, 3.05) is 18.4 Å². The first-order chi connectivity index (χ1) is 17.3. The number of ether oxygens (including phenoxy) is 1. The van der Waals surface area contributed by atoms with E-state index in [0.717, 1.165) is 53.2 Å². The summed E-state index contributed by atoms with van der Waals surface area (Å²) in [6, 6.07) is 12.4. The highest BCUT2D eigenvalue weighted by molar-refractivity contribution is 5.92. The van der Waals surface area contributed by atoms with Crippen LogP contribution in [-0.4, -0.2) is 54.4 Å². The number of hydrogen-bond donors (Lipinski definition) is 2. The Morgan fingerprint density at radius 1 is 1.19 bits per heavy atom. The quantitative estimate of drug-likeness (QED) is 0.391. The molecule has 9 heteroatoms. The lowest BCUT2D eigenvalue weighted by atomic mass is 10.1. The van der Waals surface area contributed by atoms with Crippen molar-refractivity contribution in [1.29, 1.82) is 0 Å². The van der Waals surface area contributed by atoms with Gasteiger partial charge in [-0.25, -0.2) is 14.8 Å². The number of aromatic nitrogens is 5. The number of anilines is 2. The normalized spacial score (nSPS) is 14.1. The molecule has 36 heavy (non-hydrogen) atoms. The van der Waals surface area contributed by atoms with Gasteiger partial charge >= 0.3 is 6.09 Å². The van der Waals surface area contributed by atoms with Crippen molar-refractivity contribution in [2.24, 2.45) is 0 Å². The molecule has 1 aliphatic rings. The topological polar surface area (TPSA) is 101 Å². The van der Waals surface area contributed by atoms with Crippen molar-refractivity contribution in [3.8, 4) is 0 Å². The summed E-state index contributed by atoms with van der Waals surface area (Å²) in [5, 5.41) is 8.77. The number of H-pyrrole nitrogens is 1. The third-order valence-electron chi connectivity index (χ3n) is 6.00. The molecule has 1 aliphatic heterocycles. The summed E-state index contributed by atoms with van der Waals surface area (Å²) in [6.45, 7) is 7.55. The van der Waals surface area contributed by atoms with Crippen LogP contribution in [0.2, 0.25) is 0 Å². The average Bonchev–Trinajstić information content (AvgIpc) is 3.50. The third kappa shape index (κ3) is 5.56. The minimum atomic E-state index is -0.501. The Labute approximate surface area is 210 Å². The highest BCUT2D eigenvalue weighted by Crippen LogP contribution is 2.29. The van der Waals surface area contributed by atoms with Crippen LogP contribution in [0, 0.1) is 0 Å². The van der Waals surface area contributed by atoms with Crippen LogP contribution in [0.25, 0.3) is 16.6 Å². The molecule has 0 radical (unpaired) electrons. The van der Waals surface area contributed by atoms with Gasteiger partial charge in [0.25, 0.3) is 0 Å². The molecule has 186 valence electrons. The summed E-state index contributed by atoms with van der Waals surface area (Å²) < 4.78 is 7.42. The van der Waals surface area contributed by atoms with Crippen LogP contribution in [0.15, 0.2) is 61.2 Å². The highest BCUT2D eigenvalue weighted by atomic mass is 16.6. The summed E-state index contributed by atoms with van der Waals surface area (Å²) >= 11 is 0. The van der Waals surface area contributed by atoms with Crippen molar-refractivity contribution in [1.82, 2.24) is 29.6 Å². The van der Waals surface area contributed by atoms with Gasteiger partial charge in [-0.3, -0.25) is 4.68 Å². The third-order valence-corrected chi connectivity index (χ3v) is 6.00. The zero-order chi connectivity index (χ0) is 25.1. The first-order valence-corrected chi connectivity index (χ1v) is 12.2. The molecule has 0 saturated carbocycles. The van der Waals surface area contributed by atoms with Gasteiger partial charge in [0, 0.05) is 31.5 Å². The number of nitrogens with zero attached hydrogens (tertiary/aromatic N) is 5. The first-order valence-electron chi connectivity index (χ1n) is 12.2. The van der Waals surface area contributed by atoms with E-state index in [1.165, 1.54) is 5.56 Å². The van der Waals surface area contributed by atoms with Crippen LogP contribution in [0.3, 0.4) is 0 Å². The molecule has 0 saturated heterocycles. The molecular formula is C27H31N7O2. The Hall–Kier alpha value is -4.14. The summed E-state index contributed by atoms with van der Waals surface area (Å²) in [5.41, 5.74) is 4.54. The van der Waals surface area contributed by atoms with Gasteiger partial charge in [-0.05, 0) is 50.8 Å². The van der Waals surface area contributed by atoms with Crippen LogP contribution in [0.4, 0.5) is 16.3 Å². The minimum Gasteiger partial charge on any atom is -0.444 e. The van der Waals surface area contributed by atoms with E-state index in [4.69, 9.17) is 4.74 Å². The fourth-order valence-electron chi connectivity index (χ4n) is 4.19. The van der Waals surface area contributed by atoms with Crippen LogP contribution in [0.5, 0.6) is 0 Å². The number of amides is 1. The van der Waals surface area contributed by atoms with Gasteiger partial charge in [0.05, 0.1) is 17.3 Å². The summed E-state index contributed by atoms with van der Waals surface area (Å²) in [4.78, 5) is 26.4. The number of rotatable bonds is 6. The molecule has 1 aromatic carbocycles. The fourth-order valence-corrected chi connectivity index (χ4v) is 4.19. The van der Waals surface area contributed by atoms with E-state index in [2.05, 4.69) is 61.8 Å². The standard InChI is InChI=1S/C27H31N7O2/c1-27(2,3)36-26(35)33-12-10-20(11-13-33)23-15-22-24(28-18-29-25(22)32-23)31-21-16-30-34(17-21)14-9-19-7-5-4-6-8-19/h4-8,10,15-18H,9,11-14H2,1-3H3,(H2,28,29,31,32). The Morgan fingerprint density at radius 3 is 2.78 bits per heavy atom. The lowest BCUT2D eigenvalue weighted by Gasteiger charge is -2.29. The summed E-state index contributed by atoms with van der Waals surface area (Å²) in [5.74, 6) is 0.719. The van der Waals surface area contributed by atoms with Crippen LogP contribution in [-0.2, 0) is 17.7 Å². The van der Waals surface area contributed by atoms with E-state index in [1.54, 1.807) is 17.4 Å². The predicted octanol–water partition coefficient (Wildman–Crippen LogP) is 5.16. The maximum atomic E-state index is 12.4. The number of carbonyl (C=O) groups is 1. The first kappa shape index (κ1) is 23.6. The molecule has 4 aromatic rings. The van der Waals surface area contributed by atoms with Crippen molar-refractivity contribution in [3.63, 3.8) is 0 Å². The number of nitrogens with one attached hydrogen (secondary N) is 2. The minimum absolute atomic E-state index is 0.281. The number of carbonyl (C=O) groups excluding carboxylic acids is 1. The molecule has 0 fully saturated rings. The van der Waals surface area contributed by atoms with E-state index >= 15 is 0 Å². The van der Waals surface area contributed by atoms with Gasteiger partial charge in [-0.15, -0.1) is 0 Å². The molecule has 0 atom stereocenters. The van der Waals surface area contributed by atoms with E-state index in [-0.39, 0.29) is 6.09 Å². The van der Waals surface area contributed by atoms with Crippen LogP contribution >= 0.6 is 0 Å². The van der Waals surface area contributed by atoms with E-state index in [0.29, 0.717) is 13.1 Å². The molecule has 3 aromatic heterocycles. The van der Waals surface area contributed by atoms with Gasteiger partial charge in [-0.1, -0.05) is 36.4 Å². The Morgan fingerprint density at radius 2 is 2.03 bits per heavy atom. The highest BCUT2D eigenvalue weighted by Gasteiger charge is 2.24. The smallest absolute Gasteiger partial charge is 0.410 e. The Balaban J connectivity index is 1.26. The molecule has 0 aliphatic carbocycles. The second kappa shape index (κ2) is 9.85. The Kier molecular flexibility index (Phi) is 6.45. The predicted molar refractivity (Wildman–Crippen MR) is 140 cm³/mol. The maximum absolute atomic E-state index is 12.4. The number of hydrogen-bond acceptors (Lipinski definition) is 6. The molecular weight excluding hydrogens is 454 g/mol.